The van der Waals surface area contributed by atoms with Gasteiger partial charge < -0.3 is 4.98 Å². The van der Waals surface area contributed by atoms with E-state index < -0.39 is 0 Å². The Bertz CT molecular complexity index is 1080. The molecule has 2 aromatic heterocycles. The lowest BCUT2D eigenvalue weighted by atomic mass is 9.95. The van der Waals surface area contributed by atoms with E-state index in [-0.39, 0.29) is 11.0 Å². The first kappa shape index (κ1) is 19.8. The van der Waals surface area contributed by atoms with Crippen molar-refractivity contribution in [2.45, 2.75) is 45.7 Å². The van der Waals surface area contributed by atoms with Gasteiger partial charge in [0.15, 0.2) is 0 Å². The molecule has 1 aliphatic heterocycles. The summed E-state index contributed by atoms with van der Waals surface area (Å²) in [6.45, 7) is 8.43. The number of rotatable bonds is 3. The molecule has 3 aromatic rings. The van der Waals surface area contributed by atoms with Gasteiger partial charge in [-0.3, -0.25) is 14.7 Å². The van der Waals surface area contributed by atoms with Gasteiger partial charge in [-0.1, -0.05) is 50.6 Å². The fourth-order valence-corrected chi connectivity index (χ4v) is 3.76. The smallest absolute Gasteiger partial charge is 0.255 e. The Kier molecular flexibility index (Phi) is 5.28. The highest BCUT2D eigenvalue weighted by molar-refractivity contribution is 6.30. The number of aromatic amines is 1. The Balaban J connectivity index is 1.49. The van der Waals surface area contributed by atoms with Crippen LogP contribution < -0.4 is 5.56 Å². The van der Waals surface area contributed by atoms with Gasteiger partial charge in [-0.15, -0.1) is 0 Å². The monoisotopic (exact) mass is 408 g/mol. The lowest BCUT2D eigenvalue weighted by molar-refractivity contribution is 0.240. The van der Waals surface area contributed by atoms with E-state index >= 15 is 0 Å². The summed E-state index contributed by atoms with van der Waals surface area (Å²) in [5, 5.41) is 0.703. The van der Waals surface area contributed by atoms with Crippen molar-refractivity contribution in [1.82, 2.24) is 19.9 Å². The quantitative estimate of drug-likeness (QED) is 0.700. The second-order valence-corrected chi connectivity index (χ2v) is 9.05. The maximum absolute atomic E-state index is 12.6. The third kappa shape index (κ3) is 4.41. The first-order valence-corrected chi connectivity index (χ1v) is 10.2. The number of fused-ring (bicyclic) bond motifs is 1. The van der Waals surface area contributed by atoms with Crippen LogP contribution in [0.25, 0.3) is 11.3 Å². The molecule has 0 unspecified atom stereocenters. The molecule has 0 saturated carbocycles. The van der Waals surface area contributed by atoms with Crippen LogP contribution in [0.1, 0.15) is 43.4 Å². The van der Waals surface area contributed by atoms with Crippen molar-refractivity contribution in [2.24, 2.45) is 0 Å². The summed E-state index contributed by atoms with van der Waals surface area (Å²) in [6, 6.07) is 11.8. The molecule has 0 spiro atoms. The van der Waals surface area contributed by atoms with Crippen molar-refractivity contribution in [3.05, 3.63) is 80.6 Å². The van der Waals surface area contributed by atoms with Crippen molar-refractivity contribution >= 4 is 11.6 Å². The highest BCUT2D eigenvalue weighted by atomic mass is 35.5. The number of H-pyrrole nitrogens is 1. The van der Waals surface area contributed by atoms with Crippen LogP contribution in [0.2, 0.25) is 5.02 Å². The number of hydrogen-bond donors (Lipinski definition) is 1. The normalized spacial score (nSPS) is 14.6. The van der Waals surface area contributed by atoms with E-state index in [0.717, 1.165) is 53.4 Å². The van der Waals surface area contributed by atoms with Crippen molar-refractivity contribution < 1.29 is 0 Å². The number of benzene rings is 1. The van der Waals surface area contributed by atoms with E-state index in [2.05, 4.69) is 41.7 Å². The molecule has 0 atom stereocenters. The maximum Gasteiger partial charge on any atom is 0.255 e. The average molecular weight is 409 g/mol. The molecule has 0 saturated heterocycles. The number of pyridine rings is 1. The van der Waals surface area contributed by atoms with Gasteiger partial charge in [-0.05, 0) is 23.8 Å². The van der Waals surface area contributed by atoms with Gasteiger partial charge in [0.2, 0.25) is 0 Å². The lowest BCUT2D eigenvalue weighted by Gasteiger charge is -2.28. The first-order chi connectivity index (χ1) is 13.8. The molecule has 5 nitrogen and oxygen atoms in total. The molecule has 6 heteroatoms. The van der Waals surface area contributed by atoms with E-state index in [1.807, 2.05) is 36.5 Å². The number of halogens is 1. The largest absolute Gasteiger partial charge is 0.310 e. The summed E-state index contributed by atoms with van der Waals surface area (Å²) >= 11 is 6.08. The number of aromatic nitrogens is 3. The summed E-state index contributed by atoms with van der Waals surface area (Å²) < 4.78 is 0. The van der Waals surface area contributed by atoms with E-state index in [4.69, 9.17) is 16.6 Å². The molecule has 4 rings (SSSR count). The SMILES string of the molecule is CC(C)(C)c1nc2c(c(=O)[nH]1)CN(Cc1ccc(-c3cccc(Cl)c3)nc1)CC2. The Morgan fingerprint density at radius 3 is 2.72 bits per heavy atom. The Hall–Kier alpha value is -2.50. The average Bonchev–Trinajstić information content (AvgIpc) is 2.68. The van der Waals surface area contributed by atoms with Crippen LogP contribution in [-0.2, 0) is 24.9 Å². The topological polar surface area (TPSA) is 61.9 Å². The van der Waals surface area contributed by atoms with E-state index in [0.29, 0.717) is 11.6 Å². The Labute approximate surface area is 175 Å². The van der Waals surface area contributed by atoms with Crippen molar-refractivity contribution in [3.63, 3.8) is 0 Å². The fourth-order valence-electron chi connectivity index (χ4n) is 3.57. The van der Waals surface area contributed by atoms with Crippen molar-refractivity contribution in [1.29, 1.82) is 0 Å². The molecule has 1 aliphatic rings. The molecule has 3 heterocycles. The van der Waals surface area contributed by atoms with Crippen LogP contribution in [0.15, 0.2) is 47.4 Å². The second kappa shape index (κ2) is 7.73. The Morgan fingerprint density at radius 2 is 2.03 bits per heavy atom. The summed E-state index contributed by atoms with van der Waals surface area (Å²) in [7, 11) is 0. The van der Waals surface area contributed by atoms with Gasteiger partial charge >= 0.3 is 0 Å². The molecule has 150 valence electrons. The maximum atomic E-state index is 12.6. The zero-order valence-electron chi connectivity index (χ0n) is 17.0. The zero-order valence-corrected chi connectivity index (χ0v) is 17.8. The predicted octanol–water partition coefficient (Wildman–Crippen LogP) is 4.34. The molecular weight excluding hydrogens is 384 g/mol. The molecular formula is C23H25ClN4O. The first-order valence-electron chi connectivity index (χ1n) is 9.85. The highest BCUT2D eigenvalue weighted by Gasteiger charge is 2.24. The standard InChI is InChI=1S/C23H25ClN4O/c1-23(2,3)22-26-20-9-10-28(14-18(20)21(29)27-22)13-15-7-8-19(25-12-15)16-5-4-6-17(24)11-16/h4-8,11-12H,9-10,13-14H2,1-3H3,(H,26,27,29). The molecule has 0 bridgehead atoms. The number of nitrogens with zero attached hydrogens (tertiary/aromatic N) is 3. The second-order valence-electron chi connectivity index (χ2n) is 8.61. The van der Waals surface area contributed by atoms with Crippen LogP contribution in [0, 0.1) is 0 Å². The Morgan fingerprint density at radius 1 is 1.21 bits per heavy atom. The van der Waals surface area contributed by atoms with Crippen molar-refractivity contribution in [3.8, 4) is 11.3 Å². The summed E-state index contributed by atoms with van der Waals surface area (Å²) in [4.78, 5) is 27.2. The van der Waals surface area contributed by atoms with Gasteiger partial charge in [0.25, 0.3) is 5.56 Å². The van der Waals surface area contributed by atoms with Gasteiger partial charge in [-0.25, -0.2) is 4.98 Å². The molecule has 0 amide bonds. The summed E-state index contributed by atoms with van der Waals surface area (Å²) in [6.07, 6.45) is 2.69. The molecule has 0 aliphatic carbocycles. The lowest BCUT2D eigenvalue weighted by Crippen LogP contribution is -2.37. The minimum atomic E-state index is -0.165. The molecule has 29 heavy (non-hydrogen) atoms. The van der Waals surface area contributed by atoms with Gasteiger partial charge in [-0.2, -0.15) is 0 Å². The van der Waals surface area contributed by atoms with Gasteiger partial charge in [0.05, 0.1) is 17.0 Å². The third-order valence-corrected chi connectivity index (χ3v) is 5.44. The van der Waals surface area contributed by atoms with Crippen LogP contribution in [0.5, 0.6) is 0 Å². The molecule has 1 aromatic carbocycles. The van der Waals surface area contributed by atoms with Gasteiger partial charge in [0, 0.05) is 48.3 Å². The van der Waals surface area contributed by atoms with E-state index in [1.165, 1.54) is 0 Å². The third-order valence-electron chi connectivity index (χ3n) is 5.21. The minimum absolute atomic E-state index is 0.0148. The predicted molar refractivity (Wildman–Crippen MR) is 116 cm³/mol. The highest BCUT2D eigenvalue weighted by Crippen LogP contribution is 2.23. The molecule has 0 radical (unpaired) electrons. The minimum Gasteiger partial charge on any atom is -0.310 e. The molecule has 0 fully saturated rings. The van der Waals surface area contributed by atoms with E-state index in [1.54, 1.807) is 0 Å². The number of hydrogen-bond acceptors (Lipinski definition) is 4. The van der Waals surface area contributed by atoms with E-state index in [9.17, 15) is 4.79 Å². The number of nitrogens with one attached hydrogen (secondary N) is 1. The van der Waals surface area contributed by atoms with Gasteiger partial charge in [0.1, 0.15) is 5.82 Å². The van der Waals surface area contributed by atoms with Crippen LogP contribution in [0.4, 0.5) is 0 Å². The summed E-state index contributed by atoms with van der Waals surface area (Å²) in [5.74, 6) is 0.760. The van der Waals surface area contributed by atoms with Crippen LogP contribution in [-0.4, -0.2) is 26.4 Å². The van der Waals surface area contributed by atoms with Crippen molar-refractivity contribution in [2.75, 3.05) is 6.54 Å². The fraction of sp³-hybridized carbons (Fsp3) is 0.348. The van der Waals surface area contributed by atoms with Crippen LogP contribution in [0.3, 0.4) is 0 Å². The van der Waals surface area contributed by atoms with Crippen LogP contribution >= 0.6 is 11.6 Å². The zero-order chi connectivity index (χ0) is 20.6. The molecule has 1 N–H and O–H groups in total. The summed E-state index contributed by atoms with van der Waals surface area (Å²) in [5.41, 5.74) is 4.56.